The van der Waals surface area contributed by atoms with Crippen LogP contribution in [0, 0.1) is 0 Å². The van der Waals surface area contributed by atoms with Crippen LogP contribution in [0.25, 0.3) is 10.8 Å². The first-order valence-electron chi connectivity index (χ1n) is 8.52. The van der Waals surface area contributed by atoms with E-state index >= 15 is 0 Å². The van der Waals surface area contributed by atoms with Gasteiger partial charge < -0.3 is 24.8 Å². The summed E-state index contributed by atoms with van der Waals surface area (Å²) in [6, 6.07) is 21.6. The molecule has 0 fully saturated rings. The quantitative estimate of drug-likeness (QED) is 0.516. The number of benzene rings is 1. The molecule has 0 bridgehead atoms. The van der Waals surface area contributed by atoms with Crippen LogP contribution in [-0.4, -0.2) is 0 Å². The van der Waals surface area contributed by atoms with Crippen LogP contribution in [0.3, 0.4) is 0 Å². The minimum atomic E-state index is 0. The van der Waals surface area contributed by atoms with Crippen molar-refractivity contribution >= 4 is 10.8 Å². The van der Waals surface area contributed by atoms with Crippen LogP contribution in [0.1, 0.15) is 63.5 Å². The molecule has 0 N–H and O–H groups in total. The number of hydrogen-bond acceptors (Lipinski definition) is 0. The molecule has 0 saturated carbocycles. The van der Waals surface area contributed by atoms with Gasteiger partial charge in [0.1, 0.15) is 0 Å². The van der Waals surface area contributed by atoms with Crippen LogP contribution in [0.2, 0.25) is 0 Å². The van der Waals surface area contributed by atoms with Crippen molar-refractivity contribution < 1.29 is 51.0 Å². The van der Waals surface area contributed by atoms with E-state index in [1.807, 2.05) is 0 Å². The molecule has 134 valence electrons. The van der Waals surface area contributed by atoms with Crippen molar-refractivity contribution in [2.75, 3.05) is 0 Å². The monoisotopic (exact) mass is 452 g/mol. The van der Waals surface area contributed by atoms with E-state index in [1.165, 1.54) is 34.7 Å². The van der Waals surface area contributed by atoms with Gasteiger partial charge in [-0.3, -0.25) is 0 Å². The minimum Gasteiger partial charge on any atom is -1.00 e. The Morgan fingerprint density at radius 1 is 0.960 bits per heavy atom. The van der Waals surface area contributed by atoms with Gasteiger partial charge in [-0.05, 0) is 0 Å². The van der Waals surface area contributed by atoms with Crippen LogP contribution in [0.4, 0.5) is 0 Å². The zero-order chi connectivity index (χ0) is 15.9. The molecule has 3 heteroatoms. The molecule has 0 spiro atoms. The predicted molar refractivity (Wildman–Crippen MR) is 99.0 cm³/mol. The maximum atomic E-state index is 2.38. The molecule has 3 aromatic carbocycles. The first kappa shape index (κ1) is 26.9. The standard InChI is InChI=1S/C13H21.C9H7.2ClH.Zr/c1-5-10(3)12-7-8-13(9-12)11(4)6-2;1-2-5-9-7-3-6-8(9)4-1;;;/h7-11H,5-6H2,1-4H3;1-7H;2*1H;/q2*-1;;;+4/p-2. The van der Waals surface area contributed by atoms with Crippen molar-refractivity contribution in [1.82, 2.24) is 0 Å². The van der Waals surface area contributed by atoms with Crippen molar-refractivity contribution in [2.24, 2.45) is 0 Å². The SMILES string of the molecule is CCC(C)c1cc[c-](C(C)CC)c1.[Cl-].[Cl-].[Zr+4].c1ccc2[cH-]ccc2c1. The van der Waals surface area contributed by atoms with Gasteiger partial charge in [-0.25, -0.2) is 6.07 Å². The van der Waals surface area contributed by atoms with E-state index < -0.39 is 0 Å². The summed E-state index contributed by atoms with van der Waals surface area (Å²) in [4.78, 5) is 0. The van der Waals surface area contributed by atoms with Crippen molar-refractivity contribution in [3.05, 3.63) is 71.8 Å². The Bertz CT molecular complexity index is 629. The molecule has 0 saturated heterocycles. The van der Waals surface area contributed by atoms with Gasteiger partial charge in [-0.1, -0.05) is 58.4 Å². The Balaban J connectivity index is 0. The molecule has 0 aliphatic heterocycles. The number of rotatable bonds is 4. The second-order valence-electron chi connectivity index (χ2n) is 6.25. The van der Waals surface area contributed by atoms with Gasteiger partial charge in [0.15, 0.2) is 0 Å². The van der Waals surface area contributed by atoms with Gasteiger partial charge >= 0.3 is 26.2 Å². The van der Waals surface area contributed by atoms with Crippen LogP contribution in [-0.2, 0) is 26.2 Å². The Morgan fingerprint density at radius 3 is 2.24 bits per heavy atom. The first-order valence-corrected chi connectivity index (χ1v) is 8.52. The summed E-state index contributed by atoms with van der Waals surface area (Å²) in [5.41, 5.74) is 3.02. The van der Waals surface area contributed by atoms with Crippen molar-refractivity contribution in [3.63, 3.8) is 0 Å². The average Bonchev–Trinajstić information content (AvgIpc) is 3.22. The van der Waals surface area contributed by atoms with Gasteiger partial charge in [-0.2, -0.15) is 40.8 Å². The second-order valence-corrected chi connectivity index (χ2v) is 6.25. The molecule has 0 aromatic heterocycles. The zero-order valence-corrected chi connectivity index (χ0v) is 19.6. The molecule has 0 nitrogen and oxygen atoms in total. The maximum Gasteiger partial charge on any atom is 4.00 e. The summed E-state index contributed by atoms with van der Waals surface area (Å²) >= 11 is 0. The fourth-order valence-electron chi connectivity index (χ4n) is 2.64. The average molecular weight is 455 g/mol. The Morgan fingerprint density at radius 2 is 1.64 bits per heavy atom. The smallest absolute Gasteiger partial charge is 1.00 e. The Labute approximate surface area is 185 Å². The second kappa shape index (κ2) is 13.8. The summed E-state index contributed by atoms with van der Waals surface area (Å²) in [6.45, 7) is 9.10. The molecule has 0 amide bonds. The maximum absolute atomic E-state index is 2.38. The number of fused-ring (bicyclic) bond motifs is 1. The van der Waals surface area contributed by atoms with Gasteiger partial charge in [0, 0.05) is 0 Å². The fourth-order valence-corrected chi connectivity index (χ4v) is 2.64. The summed E-state index contributed by atoms with van der Waals surface area (Å²) in [7, 11) is 0. The first-order chi connectivity index (χ1) is 10.7. The summed E-state index contributed by atoms with van der Waals surface area (Å²) in [5.74, 6) is 1.44. The Hall–Kier alpha value is -0.357. The molecule has 25 heavy (non-hydrogen) atoms. The number of halogens is 2. The van der Waals surface area contributed by atoms with Crippen LogP contribution in [0.15, 0.2) is 60.7 Å². The van der Waals surface area contributed by atoms with Gasteiger partial charge in [0.25, 0.3) is 0 Å². The molecule has 0 radical (unpaired) electrons. The van der Waals surface area contributed by atoms with E-state index in [2.05, 4.69) is 88.4 Å². The van der Waals surface area contributed by atoms with E-state index in [-0.39, 0.29) is 51.0 Å². The molecule has 3 aromatic rings. The third-order valence-electron chi connectivity index (χ3n) is 4.71. The van der Waals surface area contributed by atoms with Gasteiger partial charge in [-0.15, -0.1) is 29.7 Å². The summed E-state index contributed by atoms with van der Waals surface area (Å²) in [6.07, 6.45) is 2.48. The normalized spacial score (nSPS) is 11.8. The van der Waals surface area contributed by atoms with Crippen molar-refractivity contribution in [1.29, 1.82) is 0 Å². The number of hydrogen-bond donors (Lipinski definition) is 0. The van der Waals surface area contributed by atoms with Crippen LogP contribution < -0.4 is 24.8 Å². The third-order valence-corrected chi connectivity index (χ3v) is 4.71. The molecular weight excluding hydrogens is 426 g/mol. The predicted octanol–water partition coefficient (Wildman–Crippen LogP) is 0.997. The Kier molecular flexibility index (Phi) is 14.8. The van der Waals surface area contributed by atoms with E-state index in [4.69, 9.17) is 0 Å². The molecule has 2 unspecified atom stereocenters. The zero-order valence-electron chi connectivity index (χ0n) is 15.6. The van der Waals surface area contributed by atoms with Crippen LogP contribution >= 0.6 is 0 Å². The summed E-state index contributed by atoms with van der Waals surface area (Å²) in [5, 5.41) is 2.66. The molecule has 0 aliphatic rings. The van der Waals surface area contributed by atoms with Crippen LogP contribution in [0.5, 0.6) is 0 Å². The fraction of sp³-hybridized carbons (Fsp3) is 0.364. The topological polar surface area (TPSA) is 0 Å². The van der Waals surface area contributed by atoms with E-state index in [9.17, 15) is 0 Å². The van der Waals surface area contributed by atoms with Gasteiger partial charge in [0.2, 0.25) is 0 Å². The molecule has 2 atom stereocenters. The summed E-state index contributed by atoms with van der Waals surface area (Å²) < 4.78 is 0. The van der Waals surface area contributed by atoms with Gasteiger partial charge in [0.05, 0.1) is 0 Å². The largest absolute Gasteiger partial charge is 4.00 e. The third kappa shape index (κ3) is 7.82. The molecular formula is C22H28Cl2Zr. The molecule has 3 rings (SSSR count). The van der Waals surface area contributed by atoms with Crippen molar-refractivity contribution in [2.45, 2.75) is 52.4 Å². The van der Waals surface area contributed by atoms with E-state index in [0.717, 1.165) is 11.8 Å². The molecule has 0 heterocycles. The minimum absolute atomic E-state index is 0. The molecule has 0 aliphatic carbocycles. The van der Waals surface area contributed by atoms with E-state index in [1.54, 1.807) is 0 Å². The van der Waals surface area contributed by atoms with E-state index in [0.29, 0.717) is 0 Å². The van der Waals surface area contributed by atoms with Crippen molar-refractivity contribution in [3.8, 4) is 0 Å².